The summed E-state index contributed by atoms with van der Waals surface area (Å²) in [6.07, 6.45) is 0. The fourth-order valence-electron chi connectivity index (χ4n) is 1.80. The maximum absolute atomic E-state index is 9.19. The highest BCUT2D eigenvalue weighted by atomic mass is 79.9. The Hall–Kier alpha value is -1.86. The van der Waals surface area contributed by atoms with Crippen LogP contribution in [0.3, 0.4) is 0 Å². The normalized spacial score (nSPS) is 10.1. The van der Waals surface area contributed by atoms with Crippen molar-refractivity contribution in [1.82, 2.24) is 4.98 Å². The third-order valence-electron chi connectivity index (χ3n) is 2.77. The lowest BCUT2D eigenvalue weighted by atomic mass is 10.1. The van der Waals surface area contributed by atoms with E-state index in [1.807, 2.05) is 45.0 Å². The number of aryl methyl sites for hydroxylation is 3. The van der Waals surface area contributed by atoms with Crippen LogP contribution in [0.15, 0.2) is 28.7 Å². The summed E-state index contributed by atoms with van der Waals surface area (Å²) < 4.78 is 6.77. The average molecular weight is 317 g/mol. The molecule has 1 aromatic carbocycles. The molecule has 0 bridgehead atoms. The lowest BCUT2D eigenvalue weighted by molar-refractivity contribution is 0.459. The number of ether oxygens (including phenoxy) is 1. The van der Waals surface area contributed by atoms with E-state index in [1.54, 1.807) is 0 Å². The predicted octanol–water partition coefficient (Wildman–Crippen LogP) is 4.43. The highest BCUT2D eigenvalue weighted by Crippen LogP contribution is 2.28. The van der Waals surface area contributed by atoms with Crippen LogP contribution in [0, 0.1) is 32.1 Å². The van der Waals surface area contributed by atoms with Crippen LogP contribution in [0.1, 0.15) is 22.4 Å². The summed E-state index contributed by atoms with van der Waals surface area (Å²) in [4.78, 5) is 4.30. The molecule has 0 N–H and O–H groups in total. The summed E-state index contributed by atoms with van der Waals surface area (Å²) in [6, 6.07) is 9.68. The smallest absolute Gasteiger partial charge is 0.237 e. The number of nitriles is 1. The number of hydrogen-bond donors (Lipinski definition) is 0. The van der Waals surface area contributed by atoms with Crippen molar-refractivity contribution < 1.29 is 4.74 Å². The van der Waals surface area contributed by atoms with Crippen LogP contribution in [0.2, 0.25) is 0 Å². The zero-order valence-corrected chi connectivity index (χ0v) is 12.6. The molecule has 0 amide bonds. The predicted molar refractivity (Wildman–Crippen MR) is 77.4 cm³/mol. The van der Waals surface area contributed by atoms with Crippen molar-refractivity contribution in [1.29, 1.82) is 5.26 Å². The van der Waals surface area contributed by atoms with Gasteiger partial charge in [-0.2, -0.15) is 5.26 Å². The van der Waals surface area contributed by atoms with Crippen molar-refractivity contribution in [3.8, 4) is 17.7 Å². The second kappa shape index (κ2) is 5.41. The van der Waals surface area contributed by atoms with Gasteiger partial charge in [-0.3, -0.25) is 0 Å². The lowest BCUT2D eigenvalue weighted by Gasteiger charge is -2.10. The van der Waals surface area contributed by atoms with E-state index in [1.165, 1.54) is 0 Å². The largest absolute Gasteiger partial charge is 0.438 e. The number of pyridine rings is 1. The number of aromatic nitrogens is 1. The topological polar surface area (TPSA) is 45.9 Å². The lowest BCUT2D eigenvalue weighted by Crippen LogP contribution is -1.97. The molecule has 0 aliphatic heterocycles. The Bertz CT molecular complexity index is 675. The van der Waals surface area contributed by atoms with Crippen molar-refractivity contribution in [2.45, 2.75) is 20.8 Å². The Balaban J connectivity index is 2.43. The SMILES string of the molecule is Cc1cc(C)c(C#N)c(Oc2ccc(Br)c(C)c2)n1. The van der Waals surface area contributed by atoms with Gasteiger partial charge in [0.05, 0.1) is 0 Å². The molecule has 1 heterocycles. The number of nitrogens with zero attached hydrogens (tertiary/aromatic N) is 2. The van der Waals surface area contributed by atoms with Gasteiger partial charge in [-0.1, -0.05) is 15.9 Å². The summed E-state index contributed by atoms with van der Waals surface area (Å²) in [7, 11) is 0. The van der Waals surface area contributed by atoms with E-state index in [-0.39, 0.29) is 0 Å². The van der Waals surface area contributed by atoms with Crippen molar-refractivity contribution >= 4 is 15.9 Å². The molecular formula is C15H13BrN2O. The molecule has 1 aromatic heterocycles. The molecule has 0 saturated heterocycles. The second-order valence-corrected chi connectivity index (χ2v) is 5.24. The minimum atomic E-state index is 0.363. The summed E-state index contributed by atoms with van der Waals surface area (Å²) in [5, 5.41) is 9.19. The molecule has 96 valence electrons. The molecule has 19 heavy (non-hydrogen) atoms. The van der Waals surface area contributed by atoms with E-state index >= 15 is 0 Å². The number of halogens is 1. The van der Waals surface area contributed by atoms with Gasteiger partial charge in [0.15, 0.2) is 0 Å². The van der Waals surface area contributed by atoms with Crippen LogP contribution in [-0.4, -0.2) is 4.98 Å². The van der Waals surface area contributed by atoms with E-state index < -0.39 is 0 Å². The van der Waals surface area contributed by atoms with Gasteiger partial charge < -0.3 is 4.74 Å². The fraction of sp³-hybridized carbons (Fsp3) is 0.200. The number of hydrogen-bond acceptors (Lipinski definition) is 3. The molecule has 0 unspecified atom stereocenters. The van der Waals surface area contributed by atoms with Crippen LogP contribution < -0.4 is 4.74 Å². The molecule has 0 fully saturated rings. The second-order valence-electron chi connectivity index (χ2n) is 4.39. The zero-order valence-electron chi connectivity index (χ0n) is 11.0. The summed E-state index contributed by atoms with van der Waals surface area (Å²) in [5.41, 5.74) is 3.26. The average Bonchev–Trinajstić information content (AvgIpc) is 2.33. The van der Waals surface area contributed by atoms with Crippen LogP contribution >= 0.6 is 15.9 Å². The quantitative estimate of drug-likeness (QED) is 0.823. The van der Waals surface area contributed by atoms with Crippen LogP contribution in [0.5, 0.6) is 11.6 Å². The van der Waals surface area contributed by atoms with Crippen LogP contribution in [0.4, 0.5) is 0 Å². The summed E-state index contributed by atoms with van der Waals surface area (Å²) >= 11 is 3.44. The number of benzene rings is 1. The van der Waals surface area contributed by atoms with Gasteiger partial charge in [-0.05, 0) is 56.2 Å². The first-order chi connectivity index (χ1) is 9.01. The zero-order chi connectivity index (χ0) is 14.0. The third kappa shape index (κ3) is 2.94. The molecule has 4 heteroatoms. The molecule has 0 aliphatic carbocycles. The van der Waals surface area contributed by atoms with E-state index in [0.29, 0.717) is 17.2 Å². The fourth-order valence-corrected chi connectivity index (χ4v) is 2.05. The summed E-state index contributed by atoms with van der Waals surface area (Å²) in [6.45, 7) is 5.75. The molecule has 0 saturated carbocycles. The van der Waals surface area contributed by atoms with Crippen molar-refractivity contribution in [2.75, 3.05) is 0 Å². The van der Waals surface area contributed by atoms with Crippen LogP contribution in [-0.2, 0) is 0 Å². The monoisotopic (exact) mass is 316 g/mol. The van der Waals surface area contributed by atoms with Crippen molar-refractivity contribution in [2.24, 2.45) is 0 Å². The first-order valence-electron chi connectivity index (χ1n) is 5.83. The molecule has 2 aromatic rings. The molecule has 0 aliphatic rings. The molecule has 3 nitrogen and oxygen atoms in total. The van der Waals surface area contributed by atoms with Gasteiger partial charge in [-0.25, -0.2) is 4.98 Å². The standard InChI is InChI=1S/C15H13BrN2O/c1-9-6-11(3)18-15(13(9)8-17)19-12-4-5-14(16)10(2)7-12/h4-7H,1-3H3. The number of rotatable bonds is 2. The van der Waals surface area contributed by atoms with Gasteiger partial charge >= 0.3 is 0 Å². The van der Waals surface area contributed by atoms with Gasteiger partial charge in [-0.15, -0.1) is 0 Å². The highest BCUT2D eigenvalue weighted by Gasteiger charge is 2.11. The summed E-state index contributed by atoms with van der Waals surface area (Å²) in [5.74, 6) is 1.04. The van der Waals surface area contributed by atoms with E-state index in [0.717, 1.165) is 21.3 Å². The first kappa shape index (κ1) is 13.6. The maximum Gasteiger partial charge on any atom is 0.237 e. The Morgan fingerprint density at radius 2 is 1.89 bits per heavy atom. The molecule has 2 rings (SSSR count). The molecule has 0 atom stereocenters. The van der Waals surface area contributed by atoms with E-state index in [4.69, 9.17) is 4.74 Å². The Morgan fingerprint density at radius 3 is 2.53 bits per heavy atom. The van der Waals surface area contributed by atoms with Gasteiger partial charge in [0.2, 0.25) is 5.88 Å². The van der Waals surface area contributed by atoms with Gasteiger partial charge in [0.1, 0.15) is 17.4 Å². The van der Waals surface area contributed by atoms with E-state index in [9.17, 15) is 5.26 Å². The first-order valence-corrected chi connectivity index (χ1v) is 6.63. The molecule has 0 radical (unpaired) electrons. The Labute approximate surface area is 121 Å². The Morgan fingerprint density at radius 1 is 1.16 bits per heavy atom. The minimum Gasteiger partial charge on any atom is -0.438 e. The van der Waals surface area contributed by atoms with Gasteiger partial charge in [0, 0.05) is 10.2 Å². The maximum atomic E-state index is 9.19. The van der Waals surface area contributed by atoms with Gasteiger partial charge in [0.25, 0.3) is 0 Å². The molecule has 0 spiro atoms. The third-order valence-corrected chi connectivity index (χ3v) is 3.66. The van der Waals surface area contributed by atoms with E-state index in [2.05, 4.69) is 27.0 Å². The highest BCUT2D eigenvalue weighted by molar-refractivity contribution is 9.10. The van der Waals surface area contributed by atoms with Crippen molar-refractivity contribution in [3.05, 3.63) is 51.1 Å². The molecular weight excluding hydrogens is 304 g/mol. The Kier molecular flexibility index (Phi) is 3.87. The van der Waals surface area contributed by atoms with Crippen molar-refractivity contribution in [3.63, 3.8) is 0 Å². The van der Waals surface area contributed by atoms with Crippen LogP contribution in [0.25, 0.3) is 0 Å². The minimum absolute atomic E-state index is 0.363.